The van der Waals surface area contributed by atoms with E-state index in [2.05, 4.69) is 6.92 Å². The largest absolute Gasteiger partial charge is 0.472 e. The summed E-state index contributed by atoms with van der Waals surface area (Å²) < 4.78 is 21.9. The van der Waals surface area contributed by atoms with Crippen LogP contribution in [0.2, 0.25) is 0 Å². The highest BCUT2D eigenvalue weighted by atomic mass is 16.5. The monoisotopic (exact) mass is 418 g/mol. The van der Waals surface area contributed by atoms with Crippen LogP contribution in [0.1, 0.15) is 58.1 Å². The maximum Gasteiger partial charge on any atom is 0.309 e. The molecule has 0 aromatic carbocycles. The van der Waals surface area contributed by atoms with Gasteiger partial charge >= 0.3 is 11.9 Å². The minimum Gasteiger partial charge on any atom is -0.472 e. The molecular formula is C23H30O7. The summed E-state index contributed by atoms with van der Waals surface area (Å²) in [4.78, 5) is 38.2. The Morgan fingerprint density at radius 1 is 1.23 bits per heavy atom. The normalized spacial score (nSPS) is 40.8. The van der Waals surface area contributed by atoms with Crippen molar-refractivity contribution in [2.24, 2.45) is 28.6 Å². The lowest BCUT2D eigenvalue weighted by Crippen LogP contribution is -2.64. The molecule has 0 N–H and O–H groups in total. The van der Waals surface area contributed by atoms with E-state index in [4.69, 9.17) is 18.6 Å². The molecule has 30 heavy (non-hydrogen) atoms. The van der Waals surface area contributed by atoms with Gasteiger partial charge in [-0.2, -0.15) is 0 Å². The first-order chi connectivity index (χ1) is 14.2. The molecule has 1 aliphatic heterocycles. The Balaban J connectivity index is 1.75. The molecular weight excluding hydrogens is 388 g/mol. The van der Waals surface area contributed by atoms with Crippen LogP contribution in [-0.2, 0) is 28.6 Å². The lowest BCUT2D eigenvalue weighted by Gasteiger charge is -2.61. The molecule has 4 rings (SSSR count). The van der Waals surface area contributed by atoms with E-state index >= 15 is 0 Å². The van der Waals surface area contributed by atoms with Crippen molar-refractivity contribution in [3.05, 3.63) is 24.2 Å². The zero-order valence-corrected chi connectivity index (χ0v) is 18.0. The third-order valence-electron chi connectivity index (χ3n) is 7.96. The molecule has 2 heterocycles. The summed E-state index contributed by atoms with van der Waals surface area (Å²) >= 11 is 0. The standard InChI is InChI=1S/C23H30O7/c1-13(24)30-17-9-16(21(26)27-4)22(2)7-5-15-12-29-18(14-6-8-28-11-14)10-23(15,3)20(22)19(17)25/h6,8,11,15-18,20H,5,7,9-10,12H2,1-4H3/t15-,16-,17-,18-,20-,22-,23-/m0/s1. The summed E-state index contributed by atoms with van der Waals surface area (Å²) in [5.41, 5.74) is 0.00552. The Morgan fingerprint density at radius 2 is 2.00 bits per heavy atom. The number of hydrogen-bond acceptors (Lipinski definition) is 7. The molecule has 3 fully saturated rings. The molecule has 1 aromatic heterocycles. The fourth-order valence-electron chi connectivity index (χ4n) is 6.49. The van der Waals surface area contributed by atoms with Gasteiger partial charge in [0, 0.05) is 24.8 Å². The lowest BCUT2D eigenvalue weighted by atomic mass is 9.43. The average Bonchev–Trinajstić information content (AvgIpc) is 3.23. The van der Waals surface area contributed by atoms with Crippen LogP contribution in [0, 0.1) is 28.6 Å². The van der Waals surface area contributed by atoms with Crippen molar-refractivity contribution in [1.29, 1.82) is 0 Å². The quantitative estimate of drug-likeness (QED) is 0.694. The van der Waals surface area contributed by atoms with Gasteiger partial charge in [-0.05, 0) is 42.1 Å². The van der Waals surface area contributed by atoms with Gasteiger partial charge in [-0.25, -0.2) is 0 Å². The van der Waals surface area contributed by atoms with Crippen molar-refractivity contribution in [2.45, 2.75) is 58.7 Å². The van der Waals surface area contributed by atoms with Gasteiger partial charge < -0.3 is 18.6 Å². The Morgan fingerprint density at radius 3 is 2.63 bits per heavy atom. The van der Waals surface area contributed by atoms with Crippen molar-refractivity contribution in [3.63, 3.8) is 0 Å². The highest BCUT2D eigenvalue weighted by Crippen LogP contribution is 2.64. The topological polar surface area (TPSA) is 92.0 Å². The van der Waals surface area contributed by atoms with E-state index in [-0.39, 0.29) is 30.2 Å². The predicted molar refractivity (Wildman–Crippen MR) is 105 cm³/mol. The number of esters is 2. The molecule has 164 valence electrons. The van der Waals surface area contributed by atoms with Gasteiger partial charge in [0.1, 0.15) is 0 Å². The van der Waals surface area contributed by atoms with Crippen molar-refractivity contribution in [3.8, 4) is 0 Å². The summed E-state index contributed by atoms with van der Waals surface area (Å²) in [7, 11) is 1.37. The number of methoxy groups -OCH3 is 1. The second-order valence-electron chi connectivity index (χ2n) is 9.57. The Bertz CT molecular complexity index is 831. The molecule has 7 nitrogen and oxygen atoms in total. The average molecular weight is 418 g/mol. The molecule has 0 amide bonds. The molecule has 2 saturated carbocycles. The molecule has 7 atom stereocenters. The van der Waals surface area contributed by atoms with Crippen LogP contribution in [0.3, 0.4) is 0 Å². The first-order valence-electron chi connectivity index (χ1n) is 10.6. The zero-order valence-electron chi connectivity index (χ0n) is 18.0. The van der Waals surface area contributed by atoms with E-state index in [1.54, 1.807) is 12.5 Å². The van der Waals surface area contributed by atoms with E-state index < -0.39 is 34.7 Å². The van der Waals surface area contributed by atoms with Gasteiger partial charge in [-0.15, -0.1) is 0 Å². The van der Waals surface area contributed by atoms with Crippen molar-refractivity contribution >= 4 is 17.7 Å². The van der Waals surface area contributed by atoms with E-state index in [1.807, 2.05) is 13.0 Å². The van der Waals surface area contributed by atoms with Crippen LogP contribution >= 0.6 is 0 Å². The number of carbonyl (C=O) groups excluding carboxylic acids is 3. The van der Waals surface area contributed by atoms with E-state index in [0.29, 0.717) is 13.0 Å². The van der Waals surface area contributed by atoms with Crippen molar-refractivity contribution in [1.82, 2.24) is 0 Å². The summed E-state index contributed by atoms with van der Waals surface area (Å²) in [6.45, 7) is 6.01. The second-order valence-corrected chi connectivity index (χ2v) is 9.57. The molecule has 2 aliphatic carbocycles. The molecule has 1 aromatic rings. The van der Waals surface area contributed by atoms with Gasteiger partial charge in [0.15, 0.2) is 11.9 Å². The van der Waals surface area contributed by atoms with Crippen molar-refractivity contribution in [2.75, 3.05) is 13.7 Å². The minimum atomic E-state index is -0.921. The number of rotatable bonds is 3. The van der Waals surface area contributed by atoms with Crippen LogP contribution in [0.15, 0.2) is 23.0 Å². The SMILES string of the molecule is COC(=O)[C@@H]1C[C@H](OC(C)=O)C(=O)[C@@H]2[C@@]3(C)C[C@@H](c4ccoc4)OC[C@@H]3CC[C@]21C. The zero-order chi connectivity index (χ0) is 21.7. The molecule has 0 unspecified atom stereocenters. The number of fused-ring (bicyclic) bond motifs is 3. The van der Waals surface area contributed by atoms with Crippen molar-refractivity contribution < 1.29 is 33.0 Å². The van der Waals surface area contributed by atoms with E-state index in [1.165, 1.54) is 14.0 Å². The first kappa shape index (κ1) is 21.1. The smallest absolute Gasteiger partial charge is 0.309 e. The fourth-order valence-corrected chi connectivity index (χ4v) is 6.49. The second kappa shape index (κ2) is 7.52. The van der Waals surface area contributed by atoms with Crippen LogP contribution in [0.25, 0.3) is 0 Å². The van der Waals surface area contributed by atoms with Crippen LogP contribution in [0.5, 0.6) is 0 Å². The van der Waals surface area contributed by atoms with E-state index in [0.717, 1.165) is 18.4 Å². The summed E-state index contributed by atoms with van der Waals surface area (Å²) in [5.74, 6) is -1.66. The molecule has 0 bridgehead atoms. The maximum atomic E-state index is 13.7. The Hall–Kier alpha value is -2.15. The van der Waals surface area contributed by atoms with Gasteiger partial charge in [-0.3, -0.25) is 14.4 Å². The Kier molecular flexibility index (Phi) is 5.29. The lowest BCUT2D eigenvalue weighted by molar-refractivity contribution is -0.208. The molecule has 3 aliphatic rings. The number of Topliss-reactive ketones (excluding diaryl/α,β-unsaturated/α-hetero) is 1. The summed E-state index contributed by atoms with van der Waals surface area (Å²) in [6.07, 6.45) is 4.63. The third-order valence-corrected chi connectivity index (χ3v) is 7.96. The summed E-state index contributed by atoms with van der Waals surface area (Å²) in [6, 6.07) is 1.89. The summed E-state index contributed by atoms with van der Waals surface area (Å²) in [5, 5.41) is 0. The Labute approximate surface area is 176 Å². The number of furan rings is 1. The van der Waals surface area contributed by atoms with Gasteiger partial charge in [0.2, 0.25) is 0 Å². The fraction of sp³-hybridized carbons (Fsp3) is 0.696. The van der Waals surface area contributed by atoms with Crippen LogP contribution < -0.4 is 0 Å². The van der Waals surface area contributed by atoms with Gasteiger partial charge in [0.05, 0.1) is 38.3 Å². The van der Waals surface area contributed by atoms with Gasteiger partial charge in [0.25, 0.3) is 0 Å². The predicted octanol–water partition coefficient (Wildman–Crippen LogP) is 3.47. The minimum absolute atomic E-state index is 0.0760. The molecule has 1 saturated heterocycles. The van der Waals surface area contributed by atoms with Gasteiger partial charge in [-0.1, -0.05) is 13.8 Å². The molecule has 0 spiro atoms. The first-order valence-corrected chi connectivity index (χ1v) is 10.6. The van der Waals surface area contributed by atoms with Crippen LogP contribution in [0.4, 0.5) is 0 Å². The van der Waals surface area contributed by atoms with Crippen LogP contribution in [-0.4, -0.2) is 37.5 Å². The number of carbonyl (C=O) groups is 3. The maximum absolute atomic E-state index is 13.7. The number of hydrogen-bond donors (Lipinski definition) is 0. The highest BCUT2D eigenvalue weighted by molar-refractivity contribution is 5.92. The number of ketones is 1. The molecule has 7 heteroatoms. The third kappa shape index (κ3) is 3.18. The molecule has 0 radical (unpaired) electrons. The number of ether oxygens (including phenoxy) is 3. The van der Waals surface area contributed by atoms with E-state index in [9.17, 15) is 14.4 Å². The highest BCUT2D eigenvalue weighted by Gasteiger charge is 2.66.